The fourth-order valence-electron chi connectivity index (χ4n) is 2.32. The molecule has 0 radical (unpaired) electrons. The minimum atomic E-state index is -0.697. The van der Waals surface area contributed by atoms with Crippen LogP contribution in [0.4, 0.5) is 0 Å². The molecule has 0 aliphatic carbocycles. The predicted octanol–water partition coefficient (Wildman–Crippen LogP) is 3.49. The fraction of sp³-hybridized carbons (Fsp3) is 0.294. The summed E-state index contributed by atoms with van der Waals surface area (Å²) in [6.07, 6.45) is -0.209. The van der Waals surface area contributed by atoms with Gasteiger partial charge in [-0.1, -0.05) is 46.3 Å². The van der Waals surface area contributed by atoms with Crippen LogP contribution in [0.3, 0.4) is 0 Å². The van der Waals surface area contributed by atoms with E-state index in [1.807, 2.05) is 30.3 Å². The summed E-state index contributed by atoms with van der Waals surface area (Å²) in [5.41, 5.74) is 8.05. The van der Waals surface area contributed by atoms with Crippen molar-refractivity contribution in [2.75, 3.05) is 14.2 Å². The maximum Gasteiger partial charge on any atom is 0.161 e. The molecule has 0 spiro atoms. The topological polar surface area (TPSA) is 64.7 Å². The van der Waals surface area contributed by atoms with Crippen LogP contribution < -0.4 is 15.2 Å². The zero-order valence-corrected chi connectivity index (χ0v) is 15.4. The van der Waals surface area contributed by atoms with E-state index in [0.29, 0.717) is 17.9 Å². The fourth-order valence-corrected chi connectivity index (χ4v) is 2.90. The van der Waals surface area contributed by atoms with E-state index in [1.165, 1.54) is 0 Å². The van der Waals surface area contributed by atoms with E-state index in [9.17, 15) is 5.11 Å². The molecule has 0 aromatic heterocycles. The molecule has 0 saturated heterocycles. The number of rotatable bonds is 6. The maximum absolute atomic E-state index is 10.4. The summed E-state index contributed by atoms with van der Waals surface area (Å²) in [6, 6.07) is 12.8. The number of aliphatic hydroxyl groups excluding tert-OH is 1. The number of methoxy groups -OCH3 is 2. The molecule has 4 nitrogen and oxygen atoms in total. The van der Waals surface area contributed by atoms with E-state index >= 15 is 0 Å². The van der Waals surface area contributed by atoms with Crippen molar-refractivity contribution in [3.8, 4) is 11.5 Å². The monoisotopic (exact) mass is 401 g/mol. The molecule has 6 heteroatoms. The molecule has 0 aliphatic rings. The average Bonchev–Trinajstić information content (AvgIpc) is 2.54. The zero-order valence-electron chi connectivity index (χ0n) is 13.0. The molecule has 0 fully saturated rings. The maximum atomic E-state index is 10.4. The van der Waals surface area contributed by atoms with Gasteiger partial charge in [0, 0.05) is 10.9 Å². The second-order valence-electron chi connectivity index (χ2n) is 5.01. The van der Waals surface area contributed by atoms with Gasteiger partial charge in [0.1, 0.15) is 0 Å². The van der Waals surface area contributed by atoms with Crippen LogP contribution in [-0.2, 0) is 6.42 Å². The summed E-state index contributed by atoms with van der Waals surface area (Å²) in [5.74, 6) is 1.20. The molecule has 0 heterocycles. The van der Waals surface area contributed by atoms with Gasteiger partial charge in [-0.05, 0) is 23.3 Å². The van der Waals surface area contributed by atoms with Crippen molar-refractivity contribution in [2.45, 2.75) is 18.6 Å². The van der Waals surface area contributed by atoms with Crippen LogP contribution >= 0.6 is 28.3 Å². The third-order valence-corrected chi connectivity index (χ3v) is 4.25. The first-order valence-corrected chi connectivity index (χ1v) is 7.75. The van der Waals surface area contributed by atoms with Crippen LogP contribution in [0.2, 0.25) is 0 Å². The number of halogens is 2. The molecule has 0 saturated carbocycles. The summed E-state index contributed by atoms with van der Waals surface area (Å²) in [5, 5.41) is 10.4. The van der Waals surface area contributed by atoms with Crippen LogP contribution in [0.15, 0.2) is 46.9 Å². The van der Waals surface area contributed by atoms with E-state index in [1.54, 1.807) is 26.4 Å². The molecular formula is C17H21BrClNO3. The molecule has 0 aliphatic heterocycles. The number of hydrogen-bond acceptors (Lipinski definition) is 4. The van der Waals surface area contributed by atoms with Crippen molar-refractivity contribution in [2.24, 2.45) is 5.73 Å². The van der Waals surface area contributed by atoms with E-state index in [0.717, 1.165) is 15.6 Å². The second-order valence-corrected chi connectivity index (χ2v) is 5.87. The molecule has 2 rings (SSSR count). The van der Waals surface area contributed by atoms with E-state index in [2.05, 4.69) is 15.9 Å². The first-order chi connectivity index (χ1) is 10.6. The lowest BCUT2D eigenvalue weighted by Gasteiger charge is -2.22. The zero-order chi connectivity index (χ0) is 16.1. The van der Waals surface area contributed by atoms with E-state index in [4.69, 9.17) is 15.2 Å². The molecule has 126 valence electrons. The molecule has 23 heavy (non-hydrogen) atoms. The van der Waals surface area contributed by atoms with Crippen LogP contribution in [0, 0.1) is 0 Å². The Morgan fingerprint density at radius 1 is 1.09 bits per heavy atom. The lowest BCUT2D eigenvalue weighted by molar-refractivity contribution is 0.144. The third-order valence-electron chi connectivity index (χ3n) is 3.56. The summed E-state index contributed by atoms with van der Waals surface area (Å²) in [7, 11) is 3.15. The van der Waals surface area contributed by atoms with Gasteiger partial charge in [0.05, 0.1) is 26.4 Å². The van der Waals surface area contributed by atoms with Crippen LogP contribution in [-0.4, -0.2) is 25.4 Å². The summed E-state index contributed by atoms with van der Waals surface area (Å²) in [4.78, 5) is 0. The van der Waals surface area contributed by atoms with Gasteiger partial charge < -0.3 is 20.3 Å². The quantitative estimate of drug-likeness (QED) is 0.776. The van der Waals surface area contributed by atoms with Gasteiger partial charge in [-0.2, -0.15) is 0 Å². The third kappa shape index (κ3) is 4.85. The Morgan fingerprint density at radius 3 is 2.22 bits per heavy atom. The molecule has 0 amide bonds. The highest BCUT2D eigenvalue weighted by atomic mass is 79.9. The van der Waals surface area contributed by atoms with Crippen molar-refractivity contribution in [1.82, 2.24) is 0 Å². The number of aliphatic hydroxyl groups is 1. The minimum Gasteiger partial charge on any atom is -0.493 e. The van der Waals surface area contributed by atoms with Crippen molar-refractivity contribution in [3.63, 3.8) is 0 Å². The smallest absolute Gasteiger partial charge is 0.161 e. The number of hydrogen-bond donors (Lipinski definition) is 2. The van der Waals surface area contributed by atoms with Gasteiger partial charge in [-0.3, -0.25) is 0 Å². The Kier molecular flexibility index (Phi) is 7.85. The van der Waals surface area contributed by atoms with Crippen LogP contribution in [0.5, 0.6) is 11.5 Å². The molecule has 0 unspecified atom stereocenters. The van der Waals surface area contributed by atoms with Crippen molar-refractivity contribution >= 4 is 28.3 Å². The number of benzene rings is 2. The Labute approximate surface area is 151 Å². The van der Waals surface area contributed by atoms with Crippen LogP contribution in [0.1, 0.15) is 17.2 Å². The van der Waals surface area contributed by atoms with Crippen molar-refractivity contribution < 1.29 is 14.6 Å². The van der Waals surface area contributed by atoms with Gasteiger partial charge in [0.25, 0.3) is 0 Å². The van der Waals surface area contributed by atoms with Gasteiger partial charge >= 0.3 is 0 Å². The number of ether oxygens (including phenoxy) is 2. The summed E-state index contributed by atoms with van der Waals surface area (Å²) >= 11 is 3.48. The van der Waals surface area contributed by atoms with Crippen LogP contribution in [0.25, 0.3) is 0 Å². The van der Waals surface area contributed by atoms with Gasteiger partial charge in [-0.15, -0.1) is 12.4 Å². The highest BCUT2D eigenvalue weighted by Gasteiger charge is 2.22. The molecule has 2 aromatic rings. The largest absolute Gasteiger partial charge is 0.493 e. The SMILES string of the molecule is COc1cc(Br)c([C@@H](N)[C@@H](O)Cc2ccccc2)cc1OC.Cl. The lowest BCUT2D eigenvalue weighted by Crippen LogP contribution is -2.28. The van der Waals surface area contributed by atoms with Crippen molar-refractivity contribution in [3.05, 3.63) is 58.1 Å². The predicted molar refractivity (Wildman–Crippen MR) is 97.6 cm³/mol. The van der Waals surface area contributed by atoms with Gasteiger partial charge in [0.15, 0.2) is 11.5 Å². The molecular weight excluding hydrogens is 382 g/mol. The van der Waals surface area contributed by atoms with E-state index < -0.39 is 12.1 Å². The normalized spacial score (nSPS) is 12.9. The Morgan fingerprint density at radius 2 is 1.65 bits per heavy atom. The summed E-state index contributed by atoms with van der Waals surface area (Å²) in [6.45, 7) is 0. The summed E-state index contributed by atoms with van der Waals surface area (Å²) < 4.78 is 11.3. The average molecular weight is 403 g/mol. The highest BCUT2D eigenvalue weighted by molar-refractivity contribution is 9.10. The van der Waals surface area contributed by atoms with Gasteiger partial charge in [0.2, 0.25) is 0 Å². The van der Waals surface area contributed by atoms with Crippen molar-refractivity contribution in [1.29, 1.82) is 0 Å². The Bertz CT molecular complexity index is 625. The standard InChI is InChI=1S/C17H20BrNO3.ClH/c1-21-15-9-12(13(18)10-16(15)22-2)17(19)14(20)8-11-6-4-3-5-7-11;/h3-7,9-10,14,17,20H,8,19H2,1-2H3;1H/t14-,17+;/m0./s1. The highest BCUT2D eigenvalue weighted by Crippen LogP contribution is 2.36. The van der Waals surface area contributed by atoms with Gasteiger partial charge in [-0.25, -0.2) is 0 Å². The molecule has 2 atom stereocenters. The molecule has 2 aromatic carbocycles. The number of nitrogens with two attached hydrogens (primary N) is 1. The van der Waals surface area contributed by atoms with E-state index in [-0.39, 0.29) is 12.4 Å². The Hall–Kier alpha value is -1.27. The first kappa shape index (κ1) is 19.8. The first-order valence-electron chi connectivity index (χ1n) is 6.95. The second kappa shape index (κ2) is 9.13. The Balaban J connectivity index is 0.00000264. The minimum absolute atomic E-state index is 0. The lowest BCUT2D eigenvalue weighted by atomic mass is 9.96. The molecule has 3 N–H and O–H groups in total. The molecule has 0 bridgehead atoms.